The van der Waals surface area contributed by atoms with Gasteiger partial charge in [0, 0.05) is 30.8 Å². The van der Waals surface area contributed by atoms with E-state index < -0.39 is 5.60 Å². The molecule has 1 aliphatic carbocycles. The molecule has 4 rings (SSSR count). The molecule has 2 amide bonds. The number of ether oxygens (including phenoxy) is 1. The lowest BCUT2D eigenvalue weighted by Crippen LogP contribution is -2.41. The third-order valence-corrected chi connectivity index (χ3v) is 6.29. The van der Waals surface area contributed by atoms with Gasteiger partial charge in [0.2, 0.25) is 5.91 Å². The first kappa shape index (κ1) is 22.4. The van der Waals surface area contributed by atoms with E-state index in [9.17, 15) is 9.59 Å². The Kier molecular flexibility index (Phi) is 6.26. The third-order valence-electron chi connectivity index (χ3n) is 6.29. The van der Waals surface area contributed by atoms with Crippen molar-refractivity contribution < 1.29 is 14.3 Å². The van der Waals surface area contributed by atoms with Crippen LogP contribution in [0.15, 0.2) is 30.3 Å². The Bertz CT molecular complexity index is 966. The van der Waals surface area contributed by atoms with Crippen LogP contribution in [0.2, 0.25) is 0 Å². The predicted octanol–water partition coefficient (Wildman–Crippen LogP) is 5.14. The van der Waals surface area contributed by atoms with Crippen LogP contribution in [0, 0.1) is 0 Å². The highest BCUT2D eigenvalue weighted by molar-refractivity contribution is 5.94. The van der Waals surface area contributed by atoms with Gasteiger partial charge in [-0.05, 0) is 70.4 Å². The molecule has 1 saturated heterocycles. The first-order chi connectivity index (χ1) is 15.2. The van der Waals surface area contributed by atoms with Crippen LogP contribution in [-0.4, -0.2) is 45.8 Å². The van der Waals surface area contributed by atoms with Crippen molar-refractivity contribution in [3.8, 4) is 0 Å². The van der Waals surface area contributed by atoms with E-state index in [4.69, 9.17) is 4.74 Å². The number of aromatic nitrogens is 2. The van der Waals surface area contributed by atoms with Gasteiger partial charge in [-0.3, -0.25) is 9.89 Å². The number of nitrogens with zero attached hydrogens (tertiary/aromatic N) is 2. The van der Waals surface area contributed by atoms with E-state index in [1.165, 1.54) is 18.4 Å². The molecule has 2 aliphatic rings. The topological polar surface area (TPSA) is 87.3 Å². The molecule has 1 aliphatic heterocycles. The molecule has 1 unspecified atom stereocenters. The van der Waals surface area contributed by atoms with Crippen molar-refractivity contribution in [2.75, 3.05) is 18.4 Å². The van der Waals surface area contributed by atoms with Crippen LogP contribution in [-0.2, 0) is 9.53 Å². The number of H-pyrrole nitrogens is 1. The fraction of sp³-hybridized carbons (Fsp3) is 0.560. The SMILES string of the molecule is CC(C(=O)Nc1cc(C2CC2)[nH]n1)c1cccc(C2CCN(C(=O)OC(C)(C)C)CC2)c1. The average molecular weight is 439 g/mol. The van der Waals surface area contributed by atoms with E-state index in [0.29, 0.717) is 30.7 Å². The van der Waals surface area contributed by atoms with Crippen LogP contribution in [0.1, 0.15) is 88.0 Å². The number of carbonyl (C=O) groups is 2. The first-order valence-electron chi connectivity index (χ1n) is 11.6. The number of hydrogen-bond acceptors (Lipinski definition) is 4. The van der Waals surface area contributed by atoms with Gasteiger partial charge in [-0.25, -0.2) is 4.79 Å². The Labute approximate surface area is 189 Å². The monoisotopic (exact) mass is 438 g/mol. The number of nitrogens with one attached hydrogen (secondary N) is 2. The molecule has 2 heterocycles. The van der Waals surface area contributed by atoms with E-state index in [-0.39, 0.29) is 17.9 Å². The summed E-state index contributed by atoms with van der Waals surface area (Å²) >= 11 is 0. The van der Waals surface area contributed by atoms with Crippen molar-refractivity contribution in [2.45, 2.75) is 76.7 Å². The summed E-state index contributed by atoms with van der Waals surface area (Å²) < 4.78 is 5.50. The lowest BCUT2D eigenvalue weighted by molar-refractivity contribution is -0.117. The molecule has 7 nitrogen and oxygen atoms in total. The zero-order chi connectivity index (χ0) is 22.9. The van der Waals surface area contributed by atoms with Crippen LogP contribution in [0.25, 0.3) is 0 Å². The molecule has 1 aromatic heterocycles. The largest absolute Gasteiger partial charge is 0.444 e. The normalized spacial score (nSPS) is 18.3. The van der Waals surface area contributed by atoms with Crippen molar-refractivity contribution in [3.63, 3.8) is 0 Å². The van der Waals surface area contributed by atoms with Crippen molar-refractivity contribution in [3.05, 3.63) is 47.2 Å². The second-order valence-corrected chi connectivity index (χ2v) is 10.1. The maximum atomic E-state index is 12.8. The van der Waals surface area contributed by atoms with Gasteiger partial charge in [-0.2, -0.15) is 5.10 Å². The van der Waals surface area contributed by atoms with Crippen LogP contribution >= 0.6 is 0 Å². The summed E-state index contributed by atoms with van der Waals surface area (Å²) in [6, 6.07) is 10.2. The summed E-state index contributed by atoms with van der Waals surface area (Å²) in [6.07, 6.45) is 3.92. The minimum absolute atomic E-state index is 0.0595. The molecule has 2 N–H and O–H groups in total. The van der Waals surface area contributed by atoms with Crippen molar-refractivity contribution in [1.29, 1.82) is 0 Å². The molecule has 0 spiro atoms. The highest BCUT2D eigenvalue weighted by atomic mass is 16.6. The summed E-state index contributed by atoms with van der Waals surface area (Å²) in [5.74, 6) is 1.20. The number of anilines is 1. The van der Waals surface area contributed by atoms with Gasteiger partial charge in [-0.15, -0.1) is 0 Å². The van der Waals surface area contributed by atoms with E-state index in [1.807, 2.05) is 45.9 Å². The number of hydrogen-bond donors (Lipinski definition) is 2. The summed E-state index contributed by atoms with van der Waals surface area (Å²) in [5.41, 5.74) is 2.84. The predicted molar refractivity (Wildman–Crippen MR) is 124 cm³/mol. The average Bonchev–Trinajstić information content (AvgIpc) is 3.51. The van der Waals surface area contributed by atoms with E-state index in [0.717, 1.165) is 24.1 Å². The molecular formula is C25H34N4O3. The fourth-order valence-corrected chi connectivity index (χ4v) is 4.19. The van der Waals surface area contributed by atoms with Crippen LogP contribution in [0.3, 0.4) is 0 Å². The second kappa shape index (κ2) is 8.96. The lowest BCUT2D eigenvalue weighted by Gasteiger charge is -2.33. The molecule has 0 bridgehead atoms. The number of piperidine rings is 1. The van der Waals surface area contributed by atoms with Gasteiger partial charge in [0.25, 0.3) is 0 Å². The van der Waals surface area contributed by atoms with Crippen LogP contribution < -0.4 is 5.32 Å². The zero-order valence-electron chi connectivity index (χ0n) is 19.5. The quantitative estimate of drug-likeness (QED) is 0.676. The molecular weight excluding hydrogens is 404 g/mol. The molecule has 2 aromatic rings. The summed E-state index contributed by atoms with van der Waals surface area (Å²) in [4.78, 5) is 26.9. The molecule has 7 heteroatoms. The van der Waals surface area contributed by atoms with E-state index in [2.05, 4.69) is 27.6 Å². The standard InChI is InChI=1S/C25H34N4O3/c1-16(23(30)26-22-15-21(27-28-22)18-8-9-18)19-6-5-7-20(14-19)17-10-12-29(13-11-17)24(31)32-25(2,3)4/h5-7,14-18H,8-13H2,1-4H3,(H2,26,27,28,30). The summed E-state index contributed by atoms with van der Waals surface area (Å²) in [6.45, 7) is 8.95. The Morgan fingerprint density at radius 3 is 2.50 bits per heavy atom. The number of amides is 2. The smallest absolute Gasteiger partial charge is 0.410 e. The van der Waals surface area contributed by atoms with Crippen molar-refractivity contribution >= 4 is 17.8 Å². The van der Waals surface area contributed by atoms with Gasteiger partial charge < -0.3 is 15.0 Å². The first-order valence-corrected chi connectivity index (χ1v) is 11.6. The van der Waals surface area contributed by atoms with Crippen LogP contribution in [0.4, 0.5) is 10.6 Å². The summed E-state index contributed by atoms with van der Waals surface area (Å²) in [7, 11) is 0. The van der Waals surface area contributed by atoms with Gasteiger partial charge in [0.1, 0.15) is 5.60 Å². The zero-order valence-corrected chi connectivity index (χ0v) is 19.5. The highest BCUT2D eigenvalue weighted by Crippen LogP contribution is 2.39. The number of likely N-dealkylation sites (tertiary alicyclic amines) is 1. The van der Waals surface area contributed by atoms with Crippen molar-refractivity contribution in [1.82, 2.24) is 15.1 Å². The lowest BCUT2D eigenvalue weighted by atomic mass is 9.87. The number of rotatable bonds is 5. The minimum atomic E-state index is -0.478. The number of aromatic amines is 1. The van der Waals surface area contributed by atoms with Crippen molar-refractivity contribution in [2.24, 2.45) is 0 Å². The fourth-order valence-electron chi connectivity index (χ4n) is 4.19. The summed E-state index contributed by atoms with van der Waals surface area (Å²) in [5, 5.41) is 10.2. The Hall–Kier alpha value is -2.83. The van der Waals surface area contributed by atoms with E-state index >= 15 is 0 Å². The molecule has 1 atom stereocenters. The highest BCUT2D eigenvalue weighted by Gasteiger charge is 2.28. The molecule has 1 saturated carbocycles. The molecule has 0 radical (unpaired) electrons. The maximum absolute atomic E-state index is 12.8. The number of carbonyl (C=O) groups excluding carboxylic acids is 2. The Balaban J connectivity index is 1.34. The van der Waals surface area contributed by atoms with Gasteiger partial charge in [0.05, 0.1) is 5.92 Å². The maximum Gasteiger partial charge on any atom is 0.410 e. The minimum Gasteiger partial charge on any atom is -0.444 e. The van der Waals surface area contributed by atoms with Gasteiger partial charge in [-0.1, -0.05) is 24.3 Å². The third kappa shape index (κ3) is 5.50. The second-order valence-electron chi connectivity index (χ2n) is 10.1. The molecule has 2 fully saturated rings. The number of benzene rings is 1. The van der Waals surface area contributed by atoms with Gasteiger partial charge in [0.15, 0.2) is 5.82 Å². The molecule has 1 aromatic carbocycles. The van der Waals surface area contributed by atoms with Crippen LogP contribution in [0.5, 0.6) is 0 Å². The van der Waals surface area contributed by atoms with E-state index in [1.54, 1.807) is 4.90 Å². The Morgan fingerprint density at radius 1 is 1.12 bits per heavy atom. The molecule has 172 valence electrons. The molecule has 32 heavy (non-hydrogen) atoms. The Morgan fingerprint density at radius 2 is 1.84 bits per heavy atom. The van der Waals surface area contributed by atoms with Gasteiger partial charge >= 0.3 is 6.09 Å².